The molecule has 0 heterocycles. The highest BCUT2D eigenvalue weighted by molar-refractivity contribution is 6.18. The van der Waals surface area contributed by atoms with Crippen LogP contribution in [0.5, 0.6) is 0 Å². The van der Waals surface area contributed by atoms with Crippen molar-refractivity contribution in [3.8, 4) is 0 Å². The van der Waals surface area contributed by atoms with Crippen LogP contribution in [0.25, 0.3) is 0 Å². The van der Waals surface area contributed by atoms with Gasteiger partial charge in [0.15, 0.2) is 0 Å². The standard InChI is InChI=1S/C15H22ClNO3.CH4O/c1-11(2)8-13(14(18)9-16)17-15(19)20-10-12-6-4-3-5-7-12;1-2/h3-7,11,13-14,18H,8-10H2,1-2H3,(H,17,19);2H,1H3. The summed E-state index contributed by atoms with van der Waals surface area (Å²) in [5, 5.41) is 19.5. The van der Waals surface area contributed by atoms with E-state index in [9.17, 15) is 9.90 Å². The Morgan fingerprint density at radius 3 is 2.36 bits per heavy atom. The van der Waals surface area contributed by atoms with Gasteiger partial charge in [-0.25, -0.2) is 4.79 Å². The lowest BCUT2D eigenvalue weighted by Crippen LogP contribution is -2.45. The van der Waals surface area contributed by atoms with E-state index in [1.165, 1.54) is 0 Å². The van der Waals surface area contributed by atoms with Gasteiger partial charge in [0, 0.05) is 7.11 Å². The first-order valence-corrected chi connectivity index (χ1v) is 7.72. The minimum atomic E-state index is -0.775. The third-order valence-electron chi connectivity index (χ3n) is 2.86. The Kier molecular flexibility index (Phi) is 11.5. The number of ether oxygens (including phenoxy) is 1. The maximum atomic E-state index is 11.7. The Morgan fingerprint density at radius 2 is 1.86 bits per heavy atom. The SMILES string of the molecule is CC(C)CC(NC(=O)OCc1ccccc1)C(O)CCl.CO. The first kappa shape index (κ1) is 20.7. The van der Waals surface area contributed by atoms with Crippen LogP contribution in [-0.2, 0) is 11.3 Å². The summed E-state index contributed by atoms with van der Waals surface area (Å²) in [5.74, 6) is 0.420. The highest BCUT2D eigenvalue weighted by atomic mass is 35.5. The van der Waals surface area contributed by atoms with Gasteiger partial charge in [-0.05, 0) is 17.9 Å². The number of hydrogen-bond donors (Lipinski definition) is 3. The van der Waals surface area contributed by atoms with Crippen LogP contribution in [0, 0.1) is 5.92 Å². The highest BCUT2D eigenvalue weighted by Gasteiger charge is 2.22. The molecule has 2 unspecified atom stereocenters. The van der Waals surface area contributed by atoms with Gasteiger partial charge in [-0.15, -0.1) is 11.6 Å². The number of benzene rings is 1. The Bertz CT molecular complexity index is 400. The fourth-order valence-corrected chi connectivity index (χ4v) is 2.06. The number of hydrogen-bond acceptors (Lipinski definition) is 4. The number of rotatable bonds is 7. The molecule has 1 amide bonds. The Morgan fingerprint density at radius 1 is 1.27 bits per heavy atom. The van der Waals surface area contributed by atoms with Crippen molar-refractivity contribution in [2.45, 2.75) is 39.0 Å². The molecule has 0 aliphatic rings. The number of nitrogens with one attached hydrogen (secondary N) is 1. The molecule has 0 saturated heterocycles. The number of carbonyl (C=O) groups excluding carboxylic acids is 1. The topological polar surface area (TPSA) is 78.8 Å². The van der Waals surface area contributed by atoms with E-state index in [4.69, 9.17) is 21.4 Å². The number of amides is 1. The first-order valence-electron chi connectivity index (χ1n) is 7.19. The van der Waals surface area contributed by atoms with Crippen LogP contribution >= 0.6 is 11.6 Å². The van der Waals surface area contributed by atoms with E-state index >= 15 is 0 Å². The summed E-state index contributed by atoms with van der Waals surface area (Å²) >= 11 is 5.64. The molecule has 0 fully saturated rings. The van der Waals surface area contributed by atoms with E-state index in [0.717, 1.165) is 12.7 Å². The lowest BCUT2D eigenvalue weighted by molar-refractivity contribution is 0.104. The zero-order valence-corrected chi connectivity index (χ0v) is 14.1. The lowest BCUT2D eigenvalue weighted by atomic mass is 10.0. The minimum Gasteiger partial charge on any atom is -0.445 e. The zero-order chi connectivity index (χ0) is 17.0. The number of aliphatic hydroxyl groups is 2. The fourth-order valence-electron chi connectivity index (χ4n) is 1.84. The van der Waals surface area contributed by atoms with Crippen molar-refractivity contribution in [1.82, 2.24) is 5.32 Å². The van der Waals surface area contributed by atoms with Crippen LogP contribution in [0.15, 0.2) is 30.3 Å². The average Bonchev–Trinajstić information content (AvgIpc) is 2.54. The predicted octanol–water partition coefficient (Wildman–Crippen LogP) is 2.54. The van der Waals surface area contributed by atoms with Gasteiger partial charge in [0.2, 0.25) is 0 Å². The van der Waals surface area contributed by atoms with E-state index in [2.05, 4.69) is 5.32 Å². The third-order valence-corrected chi connectivity index (χ3v) is 3.18. The van der Waals surface area contributed by atoms with Gasteiger partial charge < -0.3 is 20.3 Å². The minimum absolute atomic E-state index is 0.0797. The lowest BCUT2D eigenvalue weighted by Gasteiger charge is -2.24. The van der Waals surface area contributed by atoms with Gasteiger partial charge in [0.1, 0.15) is 6.61 Å². The quantitative estimate of drug-likeness (QED) is 0.671. The Balaban J connectivity index is 0.00000211. The molecule has 0 saturated carbocycles. The van der Waals surface area contributed by atoms with Gasteiger partial charge in [-0.3, -0.25) is 0 Å². The normalized spacial score (nSPS) is 12.9. The molecule has 0 bridgehead atoms. The predicted molar refractivity (Wildman–Crippen MR) is 87.9 cm³/mol. The smallest absolute Gasteiger partial charge is 0.407 e. The van der Waals surface area contributed by atoms with Crippen molar-refractivity contribution < 1.29 is 19.7 Å². The Hall–Kier alpha value is -1.30. The molecule has 3 N–H and O–H groups in total. The molecule has 1 rings (SSSR count). The van der Waals surface area contributed by atoms with Crippen molar-refractivity contribution in [3.63, 3.8) is 0 Å². The summed E-state index contributed by atoms with van der Waals surface area (Å²) in [6, 6.07) is 9.04. The zero-order valence-electron chi connectivity index (χ0n) is 13.3. The van der Waals surface area contributed by atoms with Gasteiger partial charge in [-0.2, -0.15) is 0 Å². The molecule has 2 atom stereocenters. The molecular formula is C16H26ClNO4. The molecular weight excluding hydrogens is 306 g/mol. The first-order chi connectivity index (χ1) is 10.5. The van der Waals surface area contributed by atoms with Crippen LogP contribution in [0.4, 0.5) is 4.79 Å². The maximum Gasteiger partial charge on any atom is 0.407 e. The largest absolute Gasteiger partial charge is 0.445 e. The molecule has 126 valence electrons. The molecule has 5 nitrogen and oxygen atoms in total. The molecule has 0 radical (unpaired) electrons. The third kappa shape index (κ3) is 8.87. The molecule has 22 heavy (non-hydrogen) atoms. The second-order valence-electron chi connectivity index (χ2n) is 5.16. The average molecular weight is 332 g/mol. The van der Waals surface area contributed by atoms with E-state index in [0.29, 0.717) is 12.3 Å². The van der Waals surface area contributed by atoms with E-state index < -0.39 is 18.2 Å². The van der Waals surface area contributed by atoms with Gasteiger partial charge in [0.25, 0.3) is 0 Å². The van der Waals surface area contributed by atoms with Crippen molar-refractivity contribution >= 4 is 17.7 Å². The van der Waals surface area contributed by atoms with Crippen molar-refractivity contribution in [1.29, 1.82) is 0 Å². The van der Waals surface area contributed by atoms with Crippen LogP contribution in [0.1, 0.15) is 25.8 Å². The summed E-state index contributed by atoms with van der Waals surface area (Å²) in [6.07, 6.45) is -0.666. The molecule has 1 aromatic carbocycles. The molecule has 0 aliphatic carbocycles. The maximum absolute atomic E-state index is 11.7. The number of alkyl carbamates (subject to hydrolysis) is 1. The summed E-state index contributed by atoms with van der Waals surface area (Å²) < 4.78 is 5.13. The van der Waals surface area contributed by atoms with E-state index in [-0.39, 0.29) is 12.5 Å². The van der Waals surface area contributed by atoms with Crippen LogP contribution in [-0.4, -0.2) is 41.4 Å². The molecule has 6 heteroatoms. The van der Waals surface area contributed by atoms with Crippen molar-refractivity contribution in [3.05, 3.63) is 35.9 Å². The summed E-state index contributed by atoms with van der Waals surface area (Å²) in [4.78, 5) is 11.7. The second-order valence-corrected chi connectivity index (χ2v) is 5.47. The number of carbonyl (C=O) groups is 1. The monoisotopic (exact) mass is 331 g/mol. The molecule has 0 spiro atoms. The fraction of sp³-hybridized carbons (Fsp3) is 0.562. The Labute approximate surface area is 137 Å². The number of halogens is 1. The number of alkyl halides is 1. The summed E-state index contributed by atoms with van der Waals surface area (Å²) in [7, 11) is 1.00. The molecule has 0 aliphatic heterocycles. The second kappa shape index (κ2) is 12.3. The molecule has 1 aromatic rings. The van der Waals surface area contributed by atoms with Crippen LogP contribution < -0.4 is 5.32 Å². The summed E-state index contributed by atoms with van der Waals surface area (Å²) in [5.41, 5.74) is 0.918. The summed E-state index contributed by atoms with van der Waals surface area (Å²) in [6.45, 7) is 4.24. The van der Waals surface area contributed by atoms with Gasteiger partial charge in [-0.1, -0.05) is 44.2 Å². The van der Waals surface area contributed by atoms with Gasteiger partial charge >= 0.3 is 6.09 Å². The van der Waals surface area contributed by atoms with Crippen LogP contribution in [0.2, 0.25) is 0 Å². The van der Waals surface area contributed by atoms with Crippen molar-refractivity contribution in [2.75, 3.05) is 13.0 Å². The number of aliphatic hydroxyl groups excluding tert-OH is 2. The molecule has 0 aromatic heterocycles. The highest BCUT2D eigenvalue weighted by Crippen LogP contribution is 2.10. The van der Waals surface area contributed by atoms with Gasteiger partial charge in [0.05, 0.1) is 18.0 Å². The van der Waals surface area contributed by atoms with E-state index in [1.54, 1.807) is 0 Å². The van der Waals surface area contributed by atoms with Crippen molar-refractivity contribution in [2.24, 2.45) is 5.92 Å². The van der Waals surface area contributed by atoms with Crippen LogP contribution in [0.3, 0.4) is 0 Å². The van der Waals surface area contributed by atoms with E-state index in [1.807, 2.05) is 44.2 Å².